The highest BCUT2D eigenvalue weighted by atomic mass is 16.2. The Balaban J connectivity index is 1.91. The molecule has 1 aliphatic heterocycles. The number of carbonyl (C=O) groups is 1. The summed E-state index contributed by atoms with van der Waals surface area (Å²) in [6.45, 7) is 6.46. The van der Waals surface area contributed by atoms with Crippen molar-refractivity contribution in [1.29, 1.82) is 0 Å². The minimum atomic E-state index is 0.208. The van der Waals surface area contributed by atoms with Crippen LogP contribution in [0.3, 0.4) is 0 Å². The quantitative estimate of drug-likeness (QED) is 0.759. The number of nitrogens with two attached hydrogens (primary N) is 1. The highest BCUT2D eigenvalue weighted by molar-refractivity contribution is 5.79. The maximum Gasteiger partial charge on any atom is 0.225 e. The minimum absolute atomic E-state index is 0.208. The van der Waals surface area contributed by atoms with Gasteiger partial charge in [0.15, 0.2) is 0 Å². The van der Waals surface area contributed by atoms with Gasteiger partial charge in [0.05, 0.1) is 0 Å². The van der Waals surface area contributed by atoms with Gasteiger partial charge in [-0.1, -0.05) is 20.3 Å². The van der Waals surface area contributed by atoms with Crippen LogP contribution in [0.5, 0.6) is 0 Å². The lowest BCUT2D eigenvalue weighted by Crippen LogP contribution is -2.46. The van der Waals surface area contributed by atoms with Gasteiger partial charge < -0.3 is 10.6 Å². The summed E-state index contributed by atoms with van der Waals surface area (Å²) in [6, 6.07) is 0.249. The smallest absolute Gasteiger partial charge is 0.225 e. The molecular weight excluding hydrogens is 212 g/mol. The molecule has 1 saturated carbocycles. The van der Waals surface area contributed by atoms with E-state index in [1.165, 1.54) is 0 Å². The lowest BCUT2D eigenvalue weighted by molar-refractivity contribution is -0.139. The second-order valence-electron chi connectivity index (χ2n) is 6.15. The van der Waals surface area contributed by atoms with Crippen molar-refractivity contribution in [2.75, 3.05) is 13.1 Å². The van der Waals surface area contributed by atoms with Crippen molar-refractivity contribution in [2.45, 2.75) is 52.0 Å². The number of carbonyl (C=O) groups excluding carboxylic acids is 1. The second kappa shape index (κ2) is 5.38. The average molecular weight is 238 g/mol. The molecule has 0 aromatic rings. The number of amides is 1. The molecule has 3 heteroatoms. The Hall–Kier alpha value is -0.570. The third-order valence-corrected chi connectivity index (χ3v) is 4.71. The number of hydrogen-bond donors (Lipinski definition) is 1. The molecule has 98 valence electrons. The number of rotatable bonds is 1. The van der Waals surface area contributed by atoms with Crippen LogP contribution in [0.4, 0.5) is 0 Å². The maximum atomic E-state index is 12.4. The van der Waals surface area contributed by atoms with Crippen molar-refractivity contribution < 1.29 is 4.79 Å². The maximum absolute atomic E-state index is 12.4. The summed E-state index contributed by atoms with van der Waals surface area (Å²) in [7, 11) is 0. The van der Waals surface area contributed by atoms with Gasteiger partial charge in [0, 0.05) is 25.0 Å². The molecule has 0 aromatic carbocycles. The molecule has 4 unspecified atom stereocenters. The summed E-state index contributed by atoms with van der Waals surface area (Å²) in [5.74, 6) is 1.98. The number of hydrogen-bond acceptors (Lipinski definition) is 2. The fourth-order valence-electron chi connectivity index (χ4n) is 3.17. The van der Waals surface area contributed by atoms with Crippen molar-refractivity contribution in [3.8, 4) is 0 Å². The fourth-order valence-corrected chi connectivity index (χ4v) is 3.17. The number of nitrogens with zero attached hydrogens (tertiary/aromatic N) is 1. The van der Waals surface area contributed by atoms with E-state index in [9.17, 15) is 4.79 Å². The van der Waals surface area contributed by atoms with E-state index >= 15 is 0 Å². The lowest BCUT2D eigenvalue weighted by atomic mass is 9.83. The normalized spacial score (nSPS) is 39.1. The Bertz CT molecular complexity index is 279. The average Bonchev–Trinajstić information content (AvgIpc) is 2.32. The molecule has 17 heavy (non-hydrogen) atoms. The highest BCUT2D eigenvalue weighted by Crippen LogP contribution is 2.28. The first-order valence-corrected chi connectivity index (χ1v) is 7.12. The lowest BCUT2D eigenvalue weighted by Gasteiger charge is -2.38. The van der Waals surface area contributed by atoms with E-state index in [4.69, 9.17) is 5.73 Å². The first kappa shape index (κ1) is 12.9. The molecule has 2 N–H and O–H groups in total. The molecule has 1 aliphatic carbocycles. The van der Waals surface area contributed by atoms with E-state index in [1.54, 1.807) is 0 Å². The van der Waals surface area contributed by atoms with Gasteiger partial charge in [-0.2, -0.15) is 0 Å². The van der Waals surface area contributed by atoms with E-state index in [0.717, 1.165) is 51.1 Å². The Morgan fingerprint density at radius 1 is 1.18 bits per heavy atom. The van der Waals surface area contributed by atoms with Crippen LogP contribution < -0.4 is 5.73 Å². The first-order valence-electron chi connectivity index (χ1n) is 7.12. The van der Waals surface area contributed by atoms with Gasteiger partial charge in [-0.3, -0.25) is 4.79 Å². The van der Waals surface area contributed by atoms with Gasteiger partial charge in [0.1, 0.15) is 0 Å². The van der Waals surface area contributed by atoms with Crippen LogP contribution in [-0.2, 0) is 4.79 Å². The van der Waals surface area contributed by atoms with Gasteiger partial charge in [-0.25, -0.2) is 0 Å². The zero-order valence-electron chi connectivity index (χ0n) is 11.2. The Morgan fingerprint density at radius 2 is 1.94 bits per heavy atom. The zero-order chi connectivity index (χ0) is 12.4. The Labute approximate surface area is 105 Å². The van der Waals surface area contributed by atoms with Crippen LogP contribution in [0.25, 0.3) is 0 Å². The molecule has 4 atom stereocenters. The molecule has 0 bridgehead atoms. The predicted molar refractivity (Wildman–Crippen MR) is 69.5 cm³/mol. The monoisotopic (exact) mass is 238 g/mol. The standard InChI is InChI=1S/C14H26N2O/c1-10-6-7-16(9-11(10)2)14(17)12-4-3-5-13(15)8-12/h10-13H,3-9,15H2,1-2H3. The van der Waals surface area contributed by atoms with E-state index in [1.807, 2.05) is 0 Å². The fraction of sp³-hybridized carbons (Fsp3) is 0.929. The summed E-state index contributed by atoms with van der Waals surface area (Å²) in [4.78, 5) is 14.5. The molecule has 1 saturated heterocycles. The van der Waals surface area contributed by atoms with Crippen LogP contribution in [-0.4, -0.2) is 29.9 Å². The summed E-state index contributed by atoms with van der Waals surface area (Å²) < 4.78 is 0. The third-order valence-electron chi connectivity index (χ3n) is 4.71. The molecule has 0 spiro atoms. The van der Waals surface area contributed by atoms with Crippen molar-refractivity contribution in [3.63, 3.8) is 0 Å². The molecule has 2 rings (SSSR count). The van der Waals surface area contributed by atoms with Crippen LogP contribution in [0.2, 0.25) is 0 Å². The van der Waals surface area contributed by atoms with E-state index in [-0.39, 0.29) is 12.0 Å². The van der Waals surface area contributed by atoms with Crippen molar-refractivity contribution in [3.05, 3.63) is 0 Å². The van der Waals surface area contributed by atoms with Crippen molar-refractivity contribution in [2.24, 2.45) is 23.5 Å². The molecule has 3 nitrogen and oxygen atoms in total. The van der Waals surface area contributed by atoms with Crippen LogP contribution in [0, 0.1) is 17.8 Å². The van der Waals surface area contributed by atoms with E-state index in [0.29, 0.717) is 11.8 Å². The molecule has 1 heterocycles. The third kappa shape index (κ3) is 3.01. The summed E-state index contributed by atoms with van der Waals surface area (Å²) in [6.07, 6.45) is 5.33. The number of likely N-dealkylation sites (tertiary alicyclic amines) is 1. The summed E-state index contributed by atoms with van der Waals surface area (Å²) >= 11 is 0. The zero-order valence-corrected chi connectivity index (χ0v) is 11.2. The summed E-state index contributed by atoms with van der Waals surface area (Å²) in [5, 5.41) is 0. The van der Waals surface area contributed by atoms with E-state index in [2.05, 4.69) is 18.7 Å². The minimum Gasteiger partial charge on any atom is -0.342 e. The molecule has 2 fully saturated rings. The van der Waals surface area contributed by atoms with Crippen molar-refractivity contribution >= 4 is 5.91 Å². The molecule has 0 aromatic heterocycles. The second-order valence-corrected chi connectivity index (χ2v) is 6.15. The largest absolute Gasteiger partial charge is 0.342 e. The van der Waals surface area contributed by atoms with Gasteiger partial charge in [0.25, 0.3) is 0 Å². The number of piperidine rings is 1. The Kier molecular flexibility index (Phi) is 4.08. The van der Waals surface area contributed by atoms with Gasteiger partial charge in [-0.15, -0.1) is 0 Å². The first-order chi connectivity index (χ1) is 8.08. The SMILES string of the molecule is CC1CCN(C(=O)C2CCCC(N)C2)CC1C. The molecule has 0 radical (unpaired) electrons. The van der Waals surface area contributed by atoms with Crippen molar-refractivity contribution in [1.82, 2.24) is 4.90 Å². The van der Waals surface area contributed by atoms with Crippen LogP contribution in [0.1, 0.15) is 46.0 Å². The van der Waals surface area contributed by atoms with E-state index < -0.39 is 0 Å². The van der Waals surface area contributed by atoms with Gasteiger partial charge >= 0.3 is 0 Å². The van der Waals surface area contributed by atoms with Crippen LogP contribution in [0.15, 0.2) is 0 Å². The Morgan fingerprint density at radius 3 is 2.59 bits per heavy atom. The molecular formula is C14H26N2O. The predicted octanol–water partition coefficient (Wildman–Crippen LogP) is 2.01. The summed E-state index contributed by atoms with van der Waals surface area (Å²) in [5.41, 5.74) is 5.97. The topological polar surface area (TPSA) is 46.3 Å². The van der Waals surface area contributed by atoms with Crippen LogP contribution >= 0.6 is 0 Å². The van der Waals surface area contributed by atoms with Gasteiger partial charge in [0.2, 0.25) is 5.91 Å². The molecule has 1 amide bonds. The molecule has 2 aliphatic rings. The highest BCUT2D eigenvalue weighted by Gasteiger charge is 2.32. The van der Waals surface area contributed by atoms with Gasteiger partial charge in [-0.05, 0) is 37.5 Å².